The molecule has 0 aromatic heterocycles. The first-order valence-electron chi connectivity index (χ1n) is 8.54. The molecule has 0 bridgehead atoms. The molecule has 1 unspecified atom stereocenters. The molecule has 6 nitrogen and oxygen atoms in total. The number of carboxylic acids is 1. The number of aliphatic hydroxyl groups excluding tert-OH is 2. The topological polar surface area (TPSA) is 99.4 Å². The van der Waals surface area contributed by atoms with Gasteiger partial charge in [-0.05, 0) is 37.2 Å². The number of carbonyl (C=O) groups is 1. The molecule has 0 aromatic rings. The van der Waals surface area contributed by atoms with E-state index in [1.807, 2.05) is 6.08 Å². The Balaban J connectivity index is 1.54. The Morgan fingerprint density at radius 2 is 2.04 bits per heavy atom. The summed E-state index contributed by atoms with van der Waals surface area (Å²) in [6.07, 6.45) is 8.57. The lowest BCUT2D eigenvalue weighted by Crippen LogP contribution is -2.38. The summed E-state index contributed by atoms with van der Waals surface area (Å²) < 4.78 is 0. The molecule has 0 spiro atoms. The van der Waals surface area contributed by atoms with Crippen molar-refractivity contribution >= 4 is 11.7 Å². The maximum atomic E-state index is 10.4. The molecule has 3 aliphatic rings. The lowest BCUT2D eigenvalue weighted by Gasteiger charge is -2.33. The quantitative estimate of drug-likeness (QED) is 0.515. The van der Waals surface area contributed by atoms with Gasteiger partial charge in [-0.2, -0.15) is 0 Å². The highest BCUT2D eigenvalue weighted by Gasteiger charge is 2.53. The number of aliphatic carboxylic acids is 1. The minimum absolute atomic E-state index is 0.103. The van der Waals surface area contributed by atoms with E-state index in [0.717, 1.165) is 12.1 Å². The van der Waals surface area contributed by atoms with Crippen molar-refractivity contribution in [3.8, 4) is 0 Å². The normalized spacial score (nSPS) is 36.0. The molecule has 3 fully saturated rings. The second-order valence-corrected chi connectivity index (χ2v) is 7.07. The number of carboxylic acid groups (broad SMARTS) is 1. The molecule has 3 rings (SSSR count). The molecule has 0 heterocycles. The molecule has 0 amide bonds. The van der Waals surface area contributed by atoms with Crippen LogP contribution >= 0.6 is 0 Å². The molecular formula is C17H25NO5. The van der Waals surface area contributed by atoms with E-state index in [4.69, 9.17) is 9.94 Å². The lowest BCUT2D eigenvalue weighted by molar-refractivity contribution is -0.142. The van der Waals surface area contributed by atoms with Gasteiger partial charge in [0.05, 0.1) is 17.6 Å². The molecule has 128 valence electrons. The van der Waals surface area contributed by atoms with Gasteiger partial charge in [-0.3, -0.25) is 0 Å². The van der Waals surface area contributed by atoms with Crippen LogP contribution in [-0.2, 0) is 9.63 Å². The third-order valence-electron chi connectivity index (χ3n) is 5.63. The van der Waals surface area contributed by atoms with Gasteiger partial charge in [-0.1, -0.05) is 30.8 Å². The van der Waals surface area contributed by atoms with Crippen molar-refractivity contribution < 1.29 is 25.0 Å². The predicted octanol–water partition coefficient (Wildman–Crippen LogP) is 2.48. The summed E-state index contributed by atoms with van der Waals surface area (Å²) in [6, 6.07) is 0. The smallest absolute Gasteiger partial charge is 0.344 e. The van der Waals surface area contributed by atoms with Crippen LogP contribution in [-0.4, -0.2) is 39.7 Å². The average Bonchev–Trinajstić information content (AvgIpc) is 3.08. The highest BCUT2D eigenvalue weighted by Crippen LogP contribution is 2.50. The van der Waals surface area contributed by atoms with Crippen LogP contribution in [0.5, 0.6) is 0 Å². The largest absolute Gasteiger partial charge is 0.512 e. The van der Waals surface area contributed by atoms with Crippen molar-refractivity contribution in [3.63, 3.8) is 0 Å². The Hall–Kier alpha value is -1.56. The van der Waals surface area contributed by atoms with E-state index in [0.29, 0.717) is 24.5 Å². The molecule has 3 saturated carbocycles. The third kappa shape index (κ3) is 3.52. The fraction of sp³-hybridized carbons (Fsp3) is 0.765. The van der Waals surface area contributed by atoms with Gasteiger partial charge in [-0.25, -0.2) is 4.79 Å². The fourth-order valence-electron chi connectivity index (χ4n) is 4.26. The van der Waals surface area contributed by atoms with Crippen molar-refractivity contribution in [2.24, 2.45) is 28.8 Å². The third-order valence-corrected chi connectivity index (χ3v) is 5.63. The first-order chi connectivity index (χ1) is 11.1. The SMILES string of the molecule is O=C(O)CON=C1C[C@H]2C(O)[C@H](C(O)=CCC3CCCC3)C[C@H]12. The minimum atomic E-state index is -1.05. The zero-order valence-electron chi connectivity index (χ0n) is 13.2. The van der Waals surface area contributed by atoms with E-state index in [1.54, 1.807) is 0 Å². The second kappa shape index (κ2) is 6.91. The predicted molar refractivity (Wildman–Crippen MR) is 84.0 cm³/mol. The minimum Gasteiger partial charge on any atom is -0.512 e. The average molecular weight is 323 g/mol. The summed E-state index contributed by atoms with van der Waals surface area (Å²) in [4.78, 5) is 15.2. The lowest BCUT2D eigenvalue weighted by atomic mass is 9.73. The zero-order valence-corrected chi connectivity index (χ0v) is 13.2. The van der Waals surface area contributed by atoms with Gasteiger partial charge < -0.3 is 20.2 Å². The van der Waals surface area contributed by atoms with Gasteiger partial charge in [0.1, 0.15) is 0 Å². The fourth-order valence-corrected chi connectivity index (χ4v) is 4.26. The summed E-state index contributed by atoms with van der Waals surface area (Å²) in [5, 5.41) is 33.1. The number of aliphatic hydroxyl groups is 2. The number of fused-ring (bicyclic) bond motifs is 1. The summed E-state index contributed by atoms with van der Waals surface area (Å²) >= 11 is 0. The summed E-state index contributed by atoms with van der Waals surface area (Å²) in [6.45, 7) is -0.445. The summed E-state index contributed by atoms with van der Waals surface area (Å²) in [5.74, 6) is -0.0841. The van der Waals surface area contributed by atoms with Crippen LogP contribution in [0.1, 0.15) is 44.9 Å². The number of hydrogen-bond acceptors (Lipinski definition) is 5. The van der Waals surface area contributed by atoms with E-state index >= 15 is 0 Å². The van der Waals surface area contributed by atoms with Crippen LogP contribution in [0.4, 0.5) is 0 Å². The maximum absolute atomic E-state index is 10.4. The maximum Gasteiger partial charge on any atom is 0.344 e. The molecule has 23 heavy (non-hydrogen) atoms. The van der Waals surface area contributed by atoms with E-state index < -0.39 is 18.7 Å². The Morgan fingerprint density at radius 1 is 1.30 bits per heavy atom. The summed E-state index contributed by atoms with van der Waals surface area (Å²) in [7, 11) is 0. The Kier molecular flexibility index (Phi) is 4.90. The molecule has 0 aliphatic heterocycles. The van der Waals surface area contributed by atoms with Crippen molar-refractivity contribution in [1.82, 2.24) is 0 Å². The second-order valence-electron chi connectivity index (χ2n) is 7.07. The van der Waals surface area contributed by atoms with E-state index in [1.165, 1.54) is 25.7 Å². The Morgan fingerprint density at radius 3 is 2.74 bits per heavy atom. The van der Waals surface area contributed by atoms with Crippen LogP contribution in [0.25, 0.3) is 0 Å². The van der Waals surface area contributed by atoms with Crippen molar-refractivity contribution in [1.29, 1.82) is 0 Å². The molecule has 0 radical (unpaired) electrons. The number of oxime groups is 1. The number of rotatable bonds is 6. The first-order valence-corrected chi connectivity index (χ1v) is 8.54. The molecule has 0 aromatic carbocycles. The van der Waals surface area contributed by atoms with Gasteiger partial charge in [-0.15, -0.1) is 0 Å². The number of allylic oxidation sites excluding steroid dienone is 1. The van der Waals surface area contributed by atoms with Crippen LogP contribution in [0.2, 0.25) is 0 Å². The van der Waals surface area contributed by atoms with Crippen LogP contribution < -0.4 is 0 Å². The van der Waals surface area contributed by atoms with Crippen molar-refractivity contribution in [2.45, 2.75) is 51.0 Å². The zero-order chi connectivity index (χ0) is 16.4. The Labute approximate surface area is 135 Å². The van der Waals surface area contributed by atoms with E-state index in [2.05, 4.69) is 5.16 Å². The molecular weight excluding hydrogens is 298 g/mol. The van der Waals surface area contributed by atoms with Gasteiger partial charge >= 0.3 is 5.97 Å². The highest BCUT2D eigenvalue weighted by molar-refractivity contribution is 5.93. The molecule has 4 atom stereocenters. The van der Waals surface area contributed by atoms with Crippen molar-refractivity contribution in [3.05, 3.63) is 11.8 Å². The standard InChI is InChI=1S/C17H25NO5/c19-15(6-5-10-3-1-2-4-10)13-7-11-12(17(13)22)8-14(11)18-23-9-16(20)21/h6,10-13,17,19,22H,1-5,7-9H2,(H,20,21)/t11-,12+,13-,17?/m0/s1. The van der Waals surface area contributed by atoms with Crippen LogP contribution in [0.15, 0.2) is 17.0 Å². The summed E-state index contributed by atoms with van der Waals surface area (Å²) in [5.41, 5.74) is 0.807. The van der Waals surface area contributed by atoms with Gasteiger partial charge in [0.2, 0.25) is 6.61 Å². The van der Waals surface area contributed by atoms with Gasteiger partial charge in [0, 0.05) is 11.8 Å². The monoisotopic (exact) mass is 323 g/mol. The van der Waals surface area contributed by atoms with Crippen LogP contribution in [0.3, 0.4) is 0 Å². The van der Waals surface area contributed by atoms with Crippen LogP contribution in [0, 0.1) is 23.7 Å². The molecule has 3 aliphatic carbocycles. The number of nitrogens with zero attached hydrogens (tertiary/aromatic N) is 1. The van der Waals surface area contributed by atoms with Gasteiger partial charge in [0.25, 0.3) is 0 Å². The van der Waals surface area contributed by atoms with Gasteiger partial charge in [0.15, 0.2) is 0 Å². The molecule has 3 N–H and O–H groups in total. The number of hydrogen-bond donors (Lipinski definition) is 3. The van der Waals surface area contributed by atoms with E-state index in [-0.39, 0.29) is 17.8 Å². The molecule has 6 heteroatoms. The van der Waals surface area contributed by atoms with Crippen molar-refractivity contribution in [2.75, 3.05) is 6.61 Å². The first kappa shape index (κ1) is 16.3. The Bertz CT molecular complexity index is 509. The molecule has 0 saturated heterocycles. The van der Waals surface area contributed by atoms with E-state index in [9.17, 15) is 15.0 Å². The highest BCUT2D eigenvalue weighted by atomic mass is 16.6.